The zero-order chi connectivity index (χ0) is 9.28. The number of hydrogen-bond donors (Lipinski definition) is 0. The zero-order valence-corrected chi connectivity index (χ0v) is 9.64. The molecule has 0 aliphatic rings. The molecule has 1 heteroatoms. The average molecular weight is 174 g/mol. The summed E-state index contributed by atoms with van der Waals surface area (Å²) in [5.41, 5.74) is 0. The molecule has 0 aromatic carbocycles. The summed E-state index contributed by atoms with van der Waals surface area (Å²) in [6.07, 6.45) is 5.96. The van der Waals surface area contributed by atoms with Crippen LogP contribution >= 0.6 is 10.0 Å². The molecule has 0 aromatic heterocycles. The molecular formula is C10H22S. The first kappa shape index (κ1) is 11.1. The SMILES string of the molecule is C=C(C)S(C)(C)C(C)(C)CC. The van der Waals surface area contributed by atoms with Crippen LogP contribution < -0.4 is 0 Å². The van der Waals surface area contributed by atoms with Crippen molar-refractivity contribution in [3.8, 4) is 0 Å². The Morgan fingerprint density at radius 3 is 1.82 bits per heavy atom. The van der Waals surface area contributed by atoms with Crippen molar-refractivity contribution in [2.45, 2.75) is 38.9 Å². The lowest BCUT2D eigenvalue weighted by Gasteiger charge is -2.47. The zero-order valence-electron chi connectivity index (χ0n) is 8.82. The third-order valence-electron chi connectivity index (χ3n) is 3.10. The maximum atomic E-state index is 4.08. The van der Waals surface area contributed by atoms with Crippen LogP contribution in [0.3, 0.4) is 0 Å². The van der Waals surface area contributed by atoms with Gasteiger partial charge in [-0.05, 0) is 35.5 Å². The molecule has 0 bridgehead atoms. The van der Waals surface area contributed by atoms with Gasteiger partial charge >= 0.3 is 0 Å². The molecule has 0 N–H and O–H groups in total. The van der Waals surface area contributed by atoms with Gasteiger partial charge < -0.3 is 0 Å². The average Bonchev–Trinajstić information content (AvgIpc) is 1.87. The Kier molecular flexibility index (Phi) is 3.25. The molecule has 0 saturated carbocycles. The van der Waals surface area contributed by atoms with Crippen molar-refractivity contribution >= 4 is 10.0 Å². The van der Waals surface area contributed by atoms with Gasteiger partial charge in [0.1, 0.15) is 0 Å². The molecule has 0 amide bonds. The van der Waals surface area contributed by atoms with Gasteiger partial charge in [-0.15, -0.1) is 0 Å². The second-order valence-corrected chi connectivity index (χ2v) is 8.60. The highest BCUT2D eigenvalue weighted by molar-refractivity contribution is 8.36. The predicted molar refractivity (Wildman–Crippen MR) is 58.6 cm³/mol. The summed E-state index contributed by atoms with van der Waals surface area (Å²) < 4.78 is 0.443. The molecule has 0 aliphatic heterocycles. The minimum absolute atomic E-state index is 0.443. The highest BCUT2D eigenvalue weighted by atomic mass is 32.3. The molecule has 0 saturated heterocycles. The molecule has 0 unspecified atom stereocenters. The Morgan fingerprint density at radius 1 is 1.36 bits per heavy atom. The predicted octanol–water partition coefficient (Wildman–Crippen LogP) is 3.77. The molecule has 0 nitrogen and oxygen atoms in total. The monoisotopic (exact) mass is 174 g/mol. The van der Waals surface area contributed by atoms with Gasteiger partial charge in [-0.3, -0.25) is 0 Å². The van der Waals surface area contributed by atoms with Crippen molar-refractivity contribution < 1.29 is 0 Å². The Labute approximate surface area is 73.4 Å². The fourth-order valence-electron chi connectivity index (χ4n) is 0.833. The highest BCUT2D eigenvalue weighted by Crippen LogP contribution is 2.59. The maximum Gasteiger partial charge on any atom is -0.00266 e. The minimum Gasteiger partial charge on any atom is -0.220 e. The second kappa shape index (κ2) is 3.22. The molecule has 0 spiro atoms. The number of rotatable bonds is 3. The number of hydrogen-bond acceptors (Lipinski definition) is 0. The molecule has 0 fully saturated rings. The lowest BCUT2D eigenvalue weighted by molar-refractivity contribution is 0.676. The second-order valence-electron chi connectivity index (χ2n) is 4.14. The van der Waals surface area contributed by atoms with Gasteiger partial charge in [0.2, 0.25) is 0 Å². The fourth-order valence-corrected chi connectivity index (χ4v) is 2.50. The Morgan fingerprint density at radius 2 is 1.73 bits per heavy atom. The van der Waals surface area contributed by atoms with E-state index >= 15 is 0 Å². The van der Waals surface area contributed by atoms with Crippen LogP contribution in [0.15, 0.2) is 11.5 Å². The largest absolute Gasteiger partial charge is 0.220 e. The van der Waals surface area contributed by atoms with Crippen LogP contribution in [0, 0.1) is 0 Å². The first-order chi connectivity index (χ1) is 4.75. The normalized spacial score (nSPS) is 14.7. The van der Waals surface area contributed by atoms with Crippen LogP contribution in [-0.4, -0.2) is 17.3 Å². The van der Waals surface area contributed by atoms with Gasteiger partial charge in [0.25, 0.3) is 0 Å². The van der Waals surface area contributed by atoms with E-state index in [-0.39, 0.29) is 0 Å². The summed E-state index contributed by atoms with van der Waals surface area (Å²) in [5.74, 6) is 0. The Hall–Kier alpha value is 0.0900. The molecule has 0 rings (SSSR count). The maximum absolute atomic E-state index is 4.08. The molecule has 68 valence electrons. The van der Waals surface area contributed by atoms with Crippen molar-refractivity contribution in [1.29, 1.82) is 0 Å². The first-order valence-corrected chi connectivity index (χ1v) is 6.59. The molecule has 0 atom stereocenters. The van der Waals surface area contributed by atoms with E-state index in [0.29, 0.717) is 4.75 Å². The van der Waals surface area contributed by atoms with E-state index in [4.69, 9.17) is 0 Å². The van der Waals surface area contributed by atoms with E-state index < -0.39 is 10.0 Å². The van der Waals surface area contributed by atoms with Gasteiger partial charge in [-0.1, -0.05) is 27.4 Å². The van der Waals surface area contributed by atoms with Gasteiger partial charge in [0.15, 0.2) is 0 Å². The highest BCUT2D eigenvalue weighted by Gasteiger charge is 2.30. The van der Waals surface area contributed by atoms with Gasteiger partial charge in [0.05, 0.1) is 0 Å². The Balaban J connectivity index is 4.67. The van der Waals surface area contributed by atoms with E-state index in [2.05, 4.69) is 46.8 Å². The lowest BCUT2D eigenvalue weighted by Crippen LogP contribution is -2.26. The standard InChI is InChI=1S/C10H22S/c1-8-10(4,5)11(6,7)9(2)3/h2,8H2,1,3-7H3. The quantitative estimate of drug-likeness (QED) is 0.611. The van der Waals surface area contributed by atoms with Crippen molar-refractivity contribution in [3.05, 3.63) is 11.5 Å². The molecule has 0 heterocycles. The van der Waals surface area contributed by atoms with Crippen molar-refractivity contribution in [2.75, 3.05) is 12.5 Å². The van der Waals surface area contributed by atoms with Crippen LogP contribution in [0.25, 0.3) is 0 Å². The van der Waals surface area contributed by atoms with Gasteiger partial charge in [-0.25, -0.2) is 10.0 Å². The van der Waals surface area contributed by atoms with Gasteiger partial charge in [0, 0.05) is 0 Å². The first-order valence-electron chi connectivity index (χ1n) is 4.14. The number of allylic oxidation sites excluding steroid dienone is 1. The summed E-state index contributed by atoms with van der Waals surface area (Å²) in [7, 11) is -0.621. The lowest BCUT2D eigenvalue weighted by atomic mass is 10.1. The topological polar surface area (TPSA) is 0 Å². The summed E-state index contributed by atoms with van der Waals surface area (Å²) in [5, 5.41) is 0. The van der Waals surface area contributed by atoms with Crippen molar-refractivity contribution in [1.82, 2.24) is 0 Å². The van der Waals surface area contributed by atoms with Crippen LogP contribution in [0.1, 0.15) is 34.1 Å². The van der Waals surface area contributed by atoms with Gasteiger partial charge in [-0.2, -0.15) is 0 Å². The molecule has 11 heavy (non-hydrogen) atoms. The van der Waals surface area contributed by atoms with Crippen LogP contribution in [0.2, 0.25) is 0 Å². The minimum atomic E-state index is -0.621. The van der Waals surface area contributed by atoms with E-state index in [0.717, 1.165) is 0 Å². The van der Waals surface area contributed by atoms with E-state index in [1.54, 1.807) is 0 Å². The summed E-state index contributed by atoms with van der Waals surface area (Å²) in [6.45, 7) is 13.2. The summed E-state index contributed by atoms with van der Waals surface area (Å²) in [4.78, 5) is 1.37. The van der Waals surface area contributed by atoms with E-state index in [9.17, 15) is 0 Å². The van der Waals surface area contributed by atoms with Crippen molar-refractivity contribution in [2.24, 2.45) is 0 Å². The van der Waals surface area contributed by atoms with Crippen LogP contribution in [0.4, 0.5) is 0 Å². The smallest absolute Gasteiger partial charge is 0.00266 e. The van der Waals surface area contributed by atoms with Crippen LogP contribution in [0.5, 0.6) is 0 Å². The van der Waals surface area contributed by atoms with E-state index in [1.807, 2.05) is 0 Å². The Bertz CT molecular complexity index is 154. The van der Waals surface area contributed by atoms with E-state index in [1.165, 1.54) is 11.3 Å². The molecule has 0 radical (unpaired) electrons. The summed E-state index contributed by atoms with van der Waals surface area (Å²) >= 11 is 0. The fraction of sp³-hybridized carbons (Fsp3) is 0.800. The summed E-state index contributed by atoms with van der Waals surface area (Å²) in [6, 6.07) is 0. The third kappa shape index (κ3) is 2.02. The van der Waals surface area contributed by atoms with Crippen molar-refractivity contribution in [3.63, 3.8) is 0 Å². The van der Waals surface area contributed by atoms with Crippen LogP contribution in [-0.2, 0) is 0 Å². The third-order valence-corrected chi connectivity index (χ3v) is 7.90. The molecular weight excluding hydrogens is 152 g/mol. The molecule has 0 aromatic rings. The molecule has 0 aliphatic carbocycles.